The first-order valence-electron chi connectivity index (χ1n) is 10.2. The second-order valence-corrected chi connectivity index (χ2v) is 13.9. The summed E-state index contributed by atoms with van der Waals surface area (Å²) in [5.41, 5.74) is -1.34. The summed E-state index contributed by atoms with van der Waals surface area (Å²) in [5, 5.41) is 11.0. The molecule has 0 aliphatic carbocycles. The standard InChI is InChI=1S/C23H29F5O3Si/c1-7-21(29,31-32(5,6)20(2,3)4)16-12-14-19(15-13-16)30-23(27,28)18-10-8-17(9-11-18)22(24,25)26/h8-15,29H,7H2,1-6H3. The molecule has 3 nitrogen and oxygen atoms in total. The molecule has 0 aliphatic rings. The molecular weight excluding hydrogens is 447 g/mol. The third kappa shape index (κ3) is 5.88. The Bertz CT molecular complexity index is 903. The van der Waals surface area contributed by atoms with Crippen molar-refractivity contribution >= 4 is 8.32 Å². The summed E-state index contributed by atoms with van der Waals surface area (Å²) in [6.45, 7) is 11.9. The molecule has 0 bridgehead atoms. The van der Waals surface area contributed by atoms with E-state index in [1.54, 1.807) is 6.92 Å². The molecule has 1 atom stereocenters. The zero-order valence-electron chi connectivity index (χ0n) is 19.0. The van der Waals surface area contributed by atoms with Gasteiger partial charge in [-0.05, 0) is 54.5 Å². The maximum atomic E-state index is 14.5. The van der Waals surface area contributed by atoms with E-state index in [0.29, 0.717) is 29.8 Å². The number of alkyl halides is 5. The molecule has 32 heavy (non-hydrogen) atoms. The fourth-order valence-electron chi connectivity index (χ4n) is 2.75. The van der Waals surface area contributed by atoms with Gasteiger partial charge in [-0.2, -0.15) is 22.0 Å². The van der Waals surface area contributed by atoms with Gasteiger partial charge < -0.3 is 14.3 Å². The Morgan fingerprint density at radius 2 is 1.22 bits per heavy atom. The molecule has 2 rings (SSSR count). The van der Waals surface area contributed by atoms with Crippen LogP contribution in [0.1, 0.15) is 50.8 Å². The third-order valence-electron chi connectivity index (χ3n) is 5.81. The number of hydrogen-bond acceptors (Lipinski definition) is 3. The van der Waals surface area contributed by atoms with Gasteiger partial charge >= 0.3 is 12.3 Å². The zero-order chi connectivity index (χ0) is 24.6. The van der Waals surface area contributed by atoms with Crippen molar-refractivity contribution in [3.05, 3.63) is 65.2 Å². The lowest BCUT2D eigenvalue weighted by molar-refractivity contribution is -0.185. The molecule has 2 aromatic carbocycles. The number of benzene rings is 2. The van der Waals surface area contributed by atoms with Crippen LogP contribution in [0.2, 0.25) is 18.1 Å². The minimum atomic E-state index is -4.62. The Labute approximate surface area is 186 Å². The van der Waals surface area contributed by atoms with E-state index < -0.39 is 37.5 Å². The van der Waals surface area contributed by atoms with Crippen LogP contribution in [0, 0.1) is 0 Å². The van der Waals surface area contributed by atoms with E-state index in [0.717, 1.165) is 0 Å². The molecule has 0 saturated carbocycles. The van der Waals surface area contributed by atoms with Crippen LogP contribution in [-0.4, -0.2) is 13.4 Å². The van der Waals surface area contributed by atoms with Crippen LogP contribution in [0.3, 0.4) is 0 Å². The van der Waals surface area contributed by atoms with E-state index in [1.807, 2.05) is 33.9 Å². The summed E-state index contributed by atoms with van der Waals surface area (Å²) in [5.74, 6) is -1.79. The van der Waals surface area contributed by atoms with E-state index in [-0.39, 0.29) is 17.2 Å². The molecule has 0 aliphatic heterocycles. The summed E-state index contributed by atoms with van der Waals surface area (Å²) in [4.78, 5) is 0. The lowest BCUT2D eigenvalue weighted by atomic mass is 10.0. The van der Waals surface area contributed by atoms with Gasteiger partial charge in [-0.15, -0.1) is 0 Å². The van der Waals surface area contributed by atoms with E-state index in [1.165, 1.54) is 24.3 Å². The van der Waals surface area contributed by atoms with Crippen molar-refractivity contribution in [2.45, 2.75) is 70.3 Å². The number of ether oxygens (including phenoxy) is 1. The van der Waals surface area contributed by atoms with Crippen molar-refractivity contribution in [2.24, 2.45) is 0 Å². The van der Waals surface area contributed by atoms with Gasteiger partial charge in [0.1, 0.15) is 5.75 Å². The first-order chi connectivity index (χ1) is 14.4. The SMILES string of the molecule is CCC(O)(O[Si](C)(C)C(C)(C)C)c1ccc(OC(F)(F)c2ccc(C(F)(F)F)cc2)cc1. The van der Waals surface area contributed by atoms with E-state index in [9.17, 15) is 27.1 Å². The lowest BCUT2D eigenvalue weighted by Gasteiger charge is -2.43. The van der Waals surface area contributed by atoms with E-state index in [2.05, 4.69) is 0 Å². The van der Waals surface area contributed by atoms with Gasteiger partial charge in [-0.1, -0.05) is 39.8 Å². The predicted octanol–water partition coefficient (Wildman–Crippen LogP) is 7.41. The van der Waals surface area contributed by atoms with Gasteiger partial charge in [-0.25, -0.2) is 0 Å². The average Bonchev–Trinajstić information content (AvgIpc) is 2.66. The van der Waals surface area contributed by atoms with Gasteiger partial charge in [-0.3, -0.25) is 0 Å². The molecule has 0 amide bonds. The van der Waals surface area contributed by atoms with Crippen LogP contribution in [0.25, 0.3) is 0 Å². The largest absolute Gasteiger partial charge is 0.429 e. The third-order valence-corrected chi connectivity index (χ3v) is 10.3. The second-order valence-electron chi connectivity index (χ2n) is 9.22. The lowest BCUT2D eigenvalue weighted by Crippen LogP contribution is -2.48. The molecule has 0 aromatic heterocycles. The molecule has 9 heteroatoms. The first kappa shape index (κ1) is 26.3. The van der Waals surface area contributed by atoms with Gasteiger partial charge in [0.25, 0.3) is 0 Å². The molecule has 0 saturated heterocycles. The van der Waals surface area contributed by atoms with E-state index >= 15 is 0 Å². The van der Waals surface area contributed by atoms with Crippen LogP contribution >= 0.6 is 0 Å². The second kappa shape index (κ2) is 8.76. The smallest absolute Gasteiger partial charge is 0.426 e. The highest BCUT2D eigenvalue weighted by Crippen LogP contribution is 2.42. The molecule has 178 valence electrons. The minimum Gasteiger partial charge on any atom is -0.429 e. The fraction of sp³-hybridized carbons (Fsp3) is 0.478. The van der Waals surface area contributed by atoms with Crippen LogP contribution in [-0.2, 0) is 22.5 Å². The summed E-state index contributed by atoms with van der Waals surface area (Å²) >= 11 is 0. The van der Waals surface area contributed by atoms with Crippen LogP contribution in [0.5, 0.6) is 5.75 Å². The highest BCUT2D eigenvalue weighted by molar-refractivity contribution is 6.74. The number of halogens is 5. The number of hydrogen-bond donors (Lipinski definition) is 1. The summed E-state index contributed by atoms with van der Waals surface area (Å²) < 4.78 is 77.8. The topological polar surface area (TPSA) is 38.7 Å². The Balaban J connectivity index is 2.22. The van der Waals surface area contributed by atoms with Crippen LogP contribution < -0.4 is 4.74 Å². The van der Waals surface area contributed by atoms with Crippen molar-refractivity contribution in [3.8, 4) is 5.75 Å². The molecule has 2 aromatic rings. The first-order valence-corrected chi connectivity index (χ1v) is 13.1. The molecule has 1 unspecified atom stereocenters. The van der Waals surface area contributed by atoms with Crippen LogP contribution in [0.15, 0.2) is 48.5 Å². The molecule has 0 heterocycles. The molecule has 1 N–H and O–H groups in total. The highest BCUT2D eigenvalue weighted by Gasteiger charge is 2.44. The molecule has 0 spiro atoms. The Morgan fingerprint density at radius 3 is 1.62 bits per heavy atom. The van der Waals surface area contributed by atoms with Gasteiger partial charge in [0.05, 0.1) is 11.1 Å². The Hall–Kier alpha value is -1.97. The Morgan fingerprint density at radius 1 is 0.781 bits per heavy atom. The van der Waals surface area contributed by atoms with E-state index in [4.69, 9.17) is 9.16 Å². The highest BCUT2D eigenvalue weighted by atomic mass is 28.4. The Kier molecular flexibility index (Phi) is 7.19. The summed E-state index contributed by atoms with van der Waals surface area (Å²) in [6, 6.07) is 7.93. The quantitative estimate of drug-likeness (QED) is 0.257. The zero-order valence-corrected chi connectivity index (χ0v) is 20.0. The fourth-order valence-corrected chi connectivity index (χ4v) is 4.17. The monoisotopic (exact) mass is 476 g/mol. The van der Waals surface area contributed by atoms with Gasteiger partial charge in [0.2, 0.25) is 0 Å². The predicted molar refractivity (Wildman–Crippen MR) is 115 cm³/mol. The van der Waals surface area contributed by atoms with Crippen molar-refractivity contribution in [1.82, 2.24) is 0 Å². The molecule has 0 fully saturated rings. The normalized spacial score (nSPS) is 15.4. The minimum absolute atomic E-state index is 0.150. The van der Waals surface area contributed by atoms with Crippen molar-refractivity contribution in [1.29, 1.82) is 0 Å². The summed E-state index contributed by atoms with van der Waals surface area (Å²) in [7, 11) is -2.34. The maximum Gasteiger partial charge on any atom is 0.426 e. The van der Waals surface area contributed by atoms with Crippen molar-refractivity contribution in [3.63, 3.8) is 0 Å². The van der Waals surface area contributed by atoms with Gasteiger partial charge in [0.15, 0.2) is 14.1 Å². The molecular formula is C23H29F5O3Si. The van der Waals surface area contributed by atoms with Crippen molar-refractivity contribution < 1.29 is 36.2 Å². The maximum absolute atomic E-state index is 14.5. The van der Waals surface area contributed by atoms with Crippen LogP contribution in [0.4, 0.5) is 22.0 Å². The number of rotatable bonds is 7. The number of aliphatic hydroxyl groups is 1. The van der Waals surface area contributed by atoms with Gasteiger partial charge in [0, 0.05) is 12.0 Å². The van der Waals surface area contributed by atoms with Crippen molar-refractivity contribution in [2.75, 3.05) is 0 Å². The average molecular weight is 477 g/mol. The molecule has 0 radical (unpaired) electrons. The summed E-state index contributed by atoms with van der Waals surface area (Å²) in [6.07, 6.45) is -8.21.